The number of aromatic nitrogens is 2. The Morgan fingerprint density at radius 1 is 1.19 bits per heavy atom. The van der Waals surface area contributed by atoms with Gasteiger partial charge in [-0.05, 0) is 26.8 Å². The smallest absolute Gasteiger partial charge is 0.137 e. The average molecular weight is 308 g/mol. The summed E-state index contributed by atoms with van der Waals surface area (Å²) in [5, 5.41) is 3.82. The normalized spacial score (nSPS) is 13.3. The van der Waals surface area contributed by atoms with E-state index < -0.39 is 0 Å². The third-order valence-corrected chi connectivity index (χ3v) is 3.47. The highest BCUT2D eigenvalue weighted by molar-refractivity contribution is 6.29. The Kier molecular flexibility index (Phi) is 4.28. The molecule has 0 aliphatic rings. The van der Waals surface area contributed by atoms with Crippen molar-refractivity contribution in [3.05, 3.63) is 40.2 Å². The zero-order chi connectivity index (χ0) is 15.8. The monoisotopic (exact) mass is 307 g/mol. The second-order valence-corrected chi connectivity index (χ2v) is 6.77. The zero-order valence-electron chi connectivity index (χ0n) is 13.4. The van der Waals surface area contributed by atoms with E-state index in [0.717, 1.165) is 28.7 Å². The molecule has 0 fully saturated rings. The Morgan fingerprint density at radius 3 is 2.38 bits per heavy atom. The molecule has 1 N–H and O–H groups in total. The van der Waals surface area contributed by atoms with Crippen LogP contribution in [0.15, 0.2) is 16.5 Å². The van der Waals surface area contributed by atoms with Crippen molar-refractivity contribution in [1.29, 1.82) is 0 Å². The van der Waals surface area contributed by atoms with E-state index in [1.165, 1.54) is 0 Å². The number of furan rings is 1. The number of hydrogen-bond acceptors (Lipinski definition) is 4. The lowest BCUT2D eigenvalue weighted by Gasteiger charge is -2.19. The molecule has 0 radical (unpaired) electrons. The molecule has 114 valence electrons. The van der Waals surface area contributed by atoms with Crippen LogP contribution in [0.25, 0.3) is 0 Å². The van der Waals surface area contributed by atoms with Crippen LogP contribution in [0.1, 0.15) is 56.6 Å². The SMILES string of the molecule is Cc1cc(C(C)Nc2cc(Cl)nc(C(C)(C)C)n2)c(C)o1. The van der Waals surface area contributed by atoms with Gasteiger partial charge in [0.25, 0.3) is 0 Å². The van der Waals surface area contributed by atoms with E-state index in [1.54, 1.807) is 6.07 Å². The summed E-state index contributed by atoms with van der Waals surface area (Å²) < 4.78 is 5.58. The van der Waals surface area contributed by atoms with Gasteiger partial charge in [0.15, 0.2) is 0 Å². The van der Waals surface area contributed by atoms with Crippen molar-refractivity contribution >= 4 is 17.4 Å². The summed E-state index contributed by atoms with van der Waals surface area (Å²) in [6, 6.07) is 3.87. The van der Waals surface area contributed by atoms with Gasteiger partial charge in [-0.1, -0.05) is 32.4 Å². The molecule has 0 spiro atoms. The van der Waals surface area contributed by atoms with Gasteiger partial charge in [0.05, 0.1) is 6.04 Å². The molecule has 0 saturated carbocycles. The first kappa shape index (κ1) is 15.8. The number of hydrogen-bond donors (Lipinski definition) is 1. The predicted molar refractivity (Wildman–Crippen MR) is 86.0 cm³/mol. The molecule has 4 nitrogen and oxygen atoms in total. The summed E-state index contributed by atoms with van der Waals surface area (Å²) in [6.07, 6.45) is 0. The number of nitrogens with one attached hydrogen (secondary N) is 1. The first-order valence-electron chi connectivity index (χ1n) is 7.05. The molecule has 0 aromatic carbocycles. The second-order valence-electron chi connectivity index (χ2n) is 6.38. The molecule has 0 bridgehead atoms. The lowest BCUT2D eigenvalue weighted by molar-refractivity contribution is 0.499. The average Bonchev–Trinajstić information content (AvgIpc) is 2.66. The number of halogens is 1. The molecule has 2 rings (SSSR count). The fraction of sp³-hybridized carbons (Fsp3) is 0.500. The molecule has 21 heavy (non-hydrogen) atoms. The minimum Gasteiger partial charge on any atom is -0.466 e. The van der Waals surface area contributed by atoms with E-state index in [2.05, 4.69) is 43.0 Å². The maximum atomic E-state index is 6.11. The van der Waals surface area contributed by atoms with Crippen molar-refractivity contribution in [2.24, 2.45) is 0 Å². The summed E-state index contributed by atoms with van der Waals surface area (Å²) in [5.74, 6) is 3.28. The van der Waals surface area contributed by atoms with Gasteiger partial charge in [-0.2, -0.15) is 0 Å². The molecule has 0 saturated heterocycles. The van der Waals surface area contributed by atoms with E-state index in [1.807, 2.05) is 19.9 Å². The van der Waals surface area contributed by atoms with Gasteiger partial charge in [-0.3, -0.25) is 0 Å². The molecule has 2 heterocycles. The number of nitrogens with zero attached hydrogens (tertiary/aromatic N) is 2. The van der Waals surface area contributed by atoms with Crippen LogP contribution in [-0.4, -0.2) is 9.97 Å². The fourth-order valence-corrected chi connectivity index (χ4v) is 2.39. The Hall–Kier alpha value is -1.55. The van der Waals surface area contributed by atoms with E-state index in [9.17, 15) is 0 Å². The first-order valence-corrected chi connectivity index (χ1v) is 7.43. The van der Waals surface area contributed by atoms with Crippen LogP contribution in [0.4, 0.5) is 5.82 Å². The molecular weight excluding hydrogens is 286 g/mol. The van der Waals surface area contributed by atoms with Crippen molar-refractivity contribution in [2.45, 2.75) is 53.0 Å². The van der Waals surface area contributed by atoms with Gasteiger partial charge in [-0.25, -0.2) is 9.97 Å². The minimum absolute atomic E-state index is 0.0845. The summed E-state index contributed by atoms with van der Waals surface area (Å²) in [7, 11) is 0. The Morgan fingerprint density at radius 2 is 1.86 bits per heavy atom. The van der Waals surface area contributed by atoms with Gasteiger partial charge < -0.3 is 9.73 Å². The highest BCUT2D eigenvalue weighted by atomic mass is 35.5. The first-order chi connectivity index (χ1) is 9.66. The van der Waals surface area contributed by atoms with Gasteiger partial charge in [0.1, 0.15) is 28.3 Å². The van der Waals surface area contributed by atoms with Crippen molar-refractivity contribution in [2.75, 3.05) is 5.32 Å². The number of aryl methyl sites for hydroxylation is 2. The lowest BCUT2D eigenvalue weighted by Crippen LogP contribution is -2.18. The maximum absolute atomic E-state index is 6.11. The summed E-state index contributed by atoms with van der Waals surface area (Å²) >= 11 is 6.11. The third-order valence-electron chi connectivity index (χ3n) is 3.28. The Bertz CT molecular complexity index is 643. The highest BCUT2D eigenvalue weighted by Crippen LogP contribution is 2.27. The quantitative estimate of drug-likeness (QED) is 0.827. The van der Waals surface area contributed by atoms with Crippen molar-refractivity contribution in [1.82, 2.24) is 9.97 Å². The zero-order valence-corrected chi connectivity index (χ0v) is 14.2. The Balaban J connectivity index is 2.27. The third kappa shape index (κ3) is 3.76. The highest BCUT2D eigenvalue weighted by Gasteiger charge is 2.20. The van der Waals surface area contributed by atoms with Gasteiger partial charge in [0.2, 0.25) is 0 Å². The molecule has 1 atom stereocenters. The molecular formula is C16H22ClN3O. The van der Waals surface area contributed by atoms with E-state index in [4.69, 9.17) is 16.0 Å². The van der Waals surface area contributed by atoms with Crippen LogP contribution in [0.5, 0.6) is 0 Å². The molecule has 5 heteroatoms. The van der Waals surface area contributed by atoms with Crippen LogP contribution >= 0.6 is 11.6 Å². The second kappa shape index (κ2) is 5.68. The van der Waals surface area contributed by atoms with Crippen molar-refractivity contribution in [3.8, 4) is 0 Å². The maximum Gasteiger partial charge on any atom is 0.137 e. The predicted octanol–water partition coefficient (Wildman–Crippen LogP) is 4.81. The van der Waals surface area contributed by atoms with Crippen LogP contribution in [-0.2, 0) is 5.41 Å². The number of rotatable bonds is 3. The molecule has 2 aromatic heterocycles. The summed E-state index contributed by atoms with van der Waals surface area (Å²) in [4.78, 5) is 8.87. The lowest BCUT2D eigenvalue weighted by atomic mass is 9.96. The molecule has 2 aromatic rings. The molecule has 0 aliphatic carbocycles. The Labute approximate surface area is 130 Å². The summed E-state index contributed by atoms with van der Waals surface area (Å²) in [6.45, 7) is 12.2. The molecule has 0 amide bonds. The molecule has 1 unspecified atom stereocenters. The van der Waals surface area contributed by atoms with Gasteiger partial charge in [-0.15, -0.1) is 0 Å². The topological polar surface area (TPSA) is 51.0 Å². The van der Waals surface area contributed by atoms with E-state index in [0.29, 0.717) is 5.15 Å². The molecule has 0 aliphatic heterocycles. The van der Waals surface area contributed by atoms with Gasteiger partial charge >= 0.3 is 0 Å². The van der Waals surface area contributed by atoms with Gasteiger partial charge in [0, 0.05) is 17.0 Å². The van der Waals surface area contributed by atoms with Crippen LogP contribution in [0.3, 0.4) is 0 Å². The van der Waals surface area contributed by atoms with Crippen LogP contribution < -0.4 is 5.32 Å². The van der Waals surface area contributed by atoms with Crippen LogP contribution in [0.2, 0.25) is 5.15 Å². The van der Waals surface area contributed by atoms with Crippen molar-refractivity contribution < 1.29 is 4.42 Å². The largest absolute Gasteiger partial charge is 0.466 e. The van der Waals surface area contributed by atoms with E-state index >= 15 is 0 Å². The number of anilines is 1. The van der Waals surface area contributed by atoms with Crippen LogP contribution in [0, 0.1) is 13.8 Å². The van der Waals surface area contributed by atoms with E-state index in [-0.39, 0.29) is 11.5 Å². The standard InChI is InChI=1S/C16H22ClN3O/c1-9-7-12(11(3)21-9)10(2)18-14-8-13(17)19-15(20-14)16(4,5)6/h7-8,10H,1-6H3,(H,18,19,20). The summed E-state index contributed by atoms with van der Waals surface area (Å²) in [5.41, 5.74) is 0.978. The minimum atomic E-state index is -0.146. The fourth-order valence-electron chi connectivity index (χ4n) is 2.21. The van der Waals surface area contributed by atoms with Crippen molar-refractivity contribution in [3.63, 3.8) is 0 Å².